The van der Waals surface area contributed by atoms with Crippen molar-refractivity contribution in [2.75, 3.05) is 6.61 Å². The van der Waals surface area contributed by atoms with Gasteiger partial charge in [0.25, 0.3) is 5.91 Å². The van der Waals surface area contributed by atoms with Gasteiger partial charge in [0.15, 0.2) is 0 Å². The molecule has 0 bridgehead atoms. The molecule has 0 saturated carbocycles. The second-order valence-corrected chi connectivity index (χ2v) is 4.13. The Bertz CT molecular complexity index is 407. The van der Waals surface area contributed by atoms with Crippen LogP contribution < -0.4 is 5.32 Å². The quantitative estimate of drug-likeness (QED) is 0.845. The number of aliphatic hydroxyl groups is 1. The SMILES string of the molecule is CC(C)C(CO)NC(=O)c1ccc(F)cc1F. The molecular formula is C12H15F2NO2. The van der Waals surface area contributed by atoms with Gasteiger partial charge in [-0.1, -0.05) is 13.8 Å². The maximum absolute atomic E-state index is 13.3. The third-order valence-electron chi connectivity index (χ3n) is 2.49. The number of halogens is 2. The summed E-state index contributed by atoms with van der Waals surface area (Å²) in [5, 5.41) is 11.5. The number of benzene rings is 1. The molecule has 1 atom stereocenters. The van der Waals surface area contributed by atoms with Gasteiger partial charge in [-0.25, -0.2) is 8.78 Å². The van der Waals surface area contributed by atoms with E-state index < -0.39 is 23.6 Å². The van der Waals surface area contributed by atoms with Crippen molar-refractivity contribution in [1.29, 1.82) is 0 Å². The molecule has 1 amide bonds. The zero-order chi connectivity index (χ0) is 13.0. The Labute approximate surface area is 98.5 Å². The Hall–Kier alpha value is -1.49. The summed E-state index contributed by atoms with van der Waals surface area (Å²) in [6, 6.07) is 2.29. The van der Waals surface area contributed by atoms with Crippen molar-refractivity contribution < 1.29 is 18.7 Å². The molecule has 0 radical (unpaired) electrons. The number of carbonyl (C=O) groups is 1. The van der Waals surface area contributed by atoms with Gasteiger partial charge in [0.2, 0.25) is 0 Å². The first kappa shape index (κ1) is 13.6. The van der Waals surface area contributed by atoms with Gasteiger partial charge in [-0.3, -0.25) is 4.79 Å². The molecule has 0 heterocycles. The van der Waals surface area contributed by atoms with Gasteiger partial charge < -0.3 is 10.4 Å². The van der Waals surface area contributed by atoms with E-state index in [1.807, 2.05) is 13.8 Å². The van der Waals surface area contributed by atoms with E-state index in [0.29, 0.717) is 6.07 Å². The summed E-state index contributed by atoms with van der Waals surface area (Å²) in [4.78, 5) is 11.7. The average Bonchev–Trinajstić information content (AvgIpc) is 2.24. The van der Waals surface area contributed by atoms with Gasteiger partial charge in [-0.2, -0.15) is 0 Å². The summed E-state index contributed by atoms with van der Waals surface area (Å²) in [6.45, 7) is 3.41. The molecule has 1 unspecified atom stereocenters. The van der Waals surface area contributed by atoms with Crippen LogP contribution in [0.4, 0.5) is 8.78 Å². The second kappa shape index (κ2) is 5.72. The molecule has 3 nitrogen and oxygen atoms in total. The number of rotatable bonds is 4. The number of amides is 1. The molecule has 1 rings (SSSR count). The summed E-state index contributed by atoms with van der Waals surface area (Å²) in [7, 11) is 0. The Balaban J connectivity index is 2.82. The first-order valence-electron chi connectivity index (χ1n) is 5.32. The zero-order valence-corrected chi connectivity index (χ0v) is 9.71. The molecular weight excluding hydrogens is 228 g/mol. The topological polar surface area (TPSA) is 49.3 Å². The van der Waals surface area contributed by atoms with Crippen LogP contribution in [0.5, 0.6) is 0 Å². The lowest BCUT2D eigenvalue weighted by Gasteiger charge is -2.19. The van der Waals surface area contributed by atoms with Crippen molar-refractivity contribution in [3.63, 3.8) is 0 Å². The molecule has 1 aromatic carbocycles. The van der Waals surface area contributed by atoms with Gasteiger partial charge >= 0.3 is 0 Å². The zero-order valence-electron chi connectivity index (χ0n) is 9.71. The molecule has 0 fully saturated rings. The predicted molar refractivity (Wildman–Crippen MR) is 59.5 cm³/mol. The smallest absolute Gasteiger partial charge is 0.254 e. The molecule has 0 spiro atoms. The molecule has 0 aliphatic rings. The van der Waals surface area contributed by atoms with Crippen molar-refractivity contribution in [3.8, 4) is 0 Å². The molecule has 17 heavy (non-hydrogen) atoms. The van der Waals surface area contributed by atoms with Crippen LogP contribution in [0.1, 0.15) is 24.2 Å². The van der Waals surface area contributed by atoms with Crippen LogP contribution in [0, 0.1) is 17.6 Å². The van der Waals surface area contributed by atoms with Gasteiger partial charge in [-0.15, -0.1) is 0 Å². The van der Waals surface area contributed by atoms with E-state index in [9.17, 15) is 13.6 Å². The van der Waals surface area contributed by atoms with Crippen molar-refractivity contribution in [3.05, 3.63) is 35.4 Å². The summed E-state index contributed by atoms with van der Waals surface area (Å²) < 4.78 is 25.9. The van der Waals surface area contributed by atoms with Crippen molar-refractivity contribution in [2.45, 2.75) is 19.9 Å². The molecule has 0 saturated heterocycles. The largest absolute Gasteiger partial charge is 0.394 e. The monoisotopic (exact) mass is 243 g/mol. The van der Waals surface area contributed by atoms with Crippen LogP contribution in [0.15, 0.2) is 18.2 Å². The van der Waals surface area contributed by atoms with E-state index in [1.54, 1.807) is 0 Å². The Morgan fingerprint density at radius 1 is 1.41 bits per heavy atom. The van der Waals surface area contributed by atoms with Crippen LogP contribution in [-0.2, 0) is 0 Å². The lowest BCUT2D eigenvalue weighted by atomic mass is 10.0. The maximum atomic E-state index is 13.3. The highest BCUT2D eigenvalue weighted by Gasteiger charge is 2.18. The highest BCUT2D eigenvalue weighted by molar-refractivity contribution is 5.94. The number of nitrogens with one attached hydrogen (secondary N) is 1. The second-order valence-electron chi connectivity index (χ2n) is 4.13. The van der Waals surface area contributed by atoms with E-state index in [1.165, 1.54) is 0 Å². The normalized spacial score (nSPS) is 12.6. The molecule has 0 aliphatic heterocycles. The standard InChI is InChI=1S/C12H15F2NO2/c1-7(2)11(6-16)15-12(17)9-4-3-8(13)5-10(9)14/h3-5,7,11,16H,6H2,1-2H3,(H,15,17). The number of carbonyl (C=O) groups excluding carboxylic acids is 1. The fraction of sp³-hybridized carbons (Fsp3) is 0.417. The molecule has 2 N–H and O–H groups in total. The molecule has 0 aliphatic carbocycles. The number of aliphatic hydroxyl groups excluding tert-OH is 1. The highest BCUT2D eigenvalue weighted by atomic mass is 19.1. The van der Waals surface area contributed by atoms with E-state index in [-0.39, 0.29) is 18.1 Å². The van der Waals surface area contributed by atoms with Gasteiger partial charge in [-0.05, 0) is 18.1 Å². The summed E-state index contributed by atoms with van der Waals surface area (Å²) >= 11 is 0. The third kappa shape index (κ3) is 3.49. The molecule has 0 aromatic heterocycles. The molecule has 1 aromatic rings. The van der Waals surface area contributed by atoms with Gasteiger partial charge in [0, 0.05) is 6.07 Å². The van der Waals surface area contributed by atoms with Gasteiger partial charge in [0.1, 0.15) is 11.6 Å². The minimum Gasteiger partial charge on any atom is -0.394 e. The van der Waals surface area contributed by atoms with Gasteiger partial charge in [0.05, 0.1) is 18.2 Å². The fourth-order valence-corrected chi connectivity index (χ4v) is 1.34. The Morgan fingerprint density at radius 3 is 2.53 bits per heavy atom. The summed E-state index contributed by atoms with van der Waals surface area (Å²) in [5.41, 5.74) is -0.231. The lowest BCUT2D eigenvalue weighted by molar-refractivity contribution is 0.0892. The fourth-order valence-electron chi connectivity index (χ4n) is 1.34. The lowest BCUT2D eigenvalue weighted by Crippen LogP contribution is -2.41. The van der Waals surface area contributed by atoms with Crippen molar-refractivity contribution in [1.82, 2.24) is 5.32 Å². The average molecular weight is 243 g/mol. The number of hydrogen-bond donors (Lipinski definition) is 2. The van der Waals surface area contributed by atoms with Crippen LogP contribution >= 0.6 is 0 Å². The van der Waals surface area contributed by atoms with E-state index in [2.05, 4.69) is 5.32 Å². The highest BCUT2D eigenvalue weighted by Crippen LogP contribution is 2.10. The van der Waals surface area contributed by atoms with Crippen molar-refractivity contribution >= 4 is 5.91 Å². The minimum absolute atomic E-state index is 0.0208. The Kier molecular flexibility index (Phi) is 4.57. The first-order chi connectivity index (χ1) is 7.95. The maximum Gasteiger partial charge on any atom is 0.254 e. The Morgan fingerprint density at radius 2 is 2.06 bits per heavy atom. The van der Waals surface area contributed by atoms with Crippen LogP contribution in [0.2, 0.25) is 0 Å². The van der Waals surface area contributed by atoms with E-state index >= 15 is 0 Å². The van der Waals surface area contributed by atoms with Crippen LogP contribution in [0.25, 0.3) is 0 Å². The predicted octanol–water partition coefficient (Wildman–Crippen LogP) is 1.71. The van der Waals surface area contributed by atoms with E-state index in [0.717, 1.165) is 12.1 Å². The van der Waals surface area contributed by atoms with Crippen LogP contribution in [-0.4, -0.2) is 23.7 Å². The first-order valence-corrected chi connectivity index (χ1v) is 5.32. The summed E-state index contributed by atoms with van der Waals surface area (Å²) in [6.07, 6.45) is 0. The van der Waals surface area contributed by atoms with Crippen molar-refractivity contribution in [2.24, 2.45) is 5.92 Å². The summed E-state index contributed by atoms with van der Waals surface area (Å²) in [5.74, 6) is -2.28. The van der Waals surface area contributed by atoms with E-state index in [4.69, 9.17) is 5.11 Å². The molecule has 5 heteroatoms. The molecule has 94 valence electrons. The third-order valence-corrected chi connectivity index (χ3v) is 2.49. The van der Waals surface area contributed by atoms with Crippen LogP contribution in [0.3, 0.4) is 0 Å². The number of hydrogen-bond acceptors (Lipinski definition) is 2. The minimum atomic E-state index is -0.914.